The van der Waals surface area contributed by atoms with Gasteiger partial charge in [0.25, 0.3) is 5.56 Å². The third kappa shape index (κ3) is 5.43. The van der Waals surface area contributed by atoms with Gasteiger partial charge in [-0.2, -0.15) is 0 Å². The molecule has 0 aliphatic rings. The largest absolute Gasteiger partial charge is 0.423 e. The Balaban J connectivity index is 1.67. The Labute approximate surface area is 196 Å². The van der Waals surface area contributed by atoms with E-state index in [-0.39, 0.29) is 18.1 Å². The zero-order valence-electron chi connectivity index (χ0n) is 19.1. The van der Waals surface area contributed by atoms with Crippen molar-refractivity contribution in [1.82, 2.24) is 19.7 Å². The number of hydrogen-bond donors (Lipinski definition) is 2. The van der Waals surface area contributed by atoms with Gasteiger partial charge in [-0.3, -0.25) is 14.3 Å². The SMILES string of the molecule is CCCCn1c(N)c(N(Cc2ccccc2)Cc2nnc(Cc3ccccc3)o2)c(=O)[nH]c1=O. The van der Waals surface area contributed by atoms with Crippen LogP contribution in [-0.4, -0.2) is 19.7 Å². The first-order valence-corrected chi connectivity index (χ1v) is 11.3. The number of nitrogens with one attached hydrogen (secondary N) is 1. The Morgan fingerprint density at radius 2 is 1.59 bits per heavy atom. The number of aromatic nitrogens is 4. The molecule has 0 amide bonds. The molecule has 2 heterocycles. The minimum absolute atomic E-state index is 0.127. The summed E-state index contributed by atoms with van der Waals surface area (Å²) in [5, 5.41) is 8.35. The lowest BCUT2D eigenvalue weighted by molar-refractivity contribution is 0.451. The van der Waals surface area contributed by atoms with E-state index >= 15 is 0 Å². The van der Waals surface area contributed by atoms with E-state index in [2.05, 4.69) is 15.2 Å². The molecule has 3 N–H and O–H groups in total. The number of H-pyrrole nitrogens is 1. The Bertz CT molecular complexity index is 1330. The summed E-state index contributed by atoms with van der Waals surface area (Å²) < 4.78 is 7.30. The molecule has 0 atom stereocenters. The lowest BCUT2D eigenvalue weighted by atomic mass is 10.2. The van der Waals surface area contributed by atoms with Crippen LogP contribution in [0.4, 0.5) is 11.5 Å². The maximum Gasteiger partial charge on any atom is 0.330 e. The van der Waals surface area contributed by atoms with Gasteiger partial charge in [0, 0.05) is 13.1 Å². The van der Waals surface area contributed by atoms with Crippen LogP contribution in [0.5, 0.6) is 0 Å². The fraction of sp³-hybridized carbons (Fsp3) is 0.280. The molecule has 0 aliphatic carbocycles. The molecule has 4 rings (SSSR count). The number of hydrogen-bond acceptors (Lipinski definition) is 7. The molecule has 0 fully saturated rings. The second-order valence-corrected chi connectivity index (χ2v) is 8.09. The molecule has 176 valence electrons. The van der Waals surface area contributed by atoms with Crippen molar-refractivity contribution in [3.63, 3.8) is 0 Å². The topological polar surface area (TPSA) is 123 Å². The summed E-state index contributed by atoms with van der Waals surface area (Å²) in [4.78, 5) is 29.5. The van der Waals surface area contributed by atoms with Crippen LogP contribution < -0.4 is 21.9 Å². The van der Waals surface area contributed by atoms with E-state index in [9.17, 15) is 9.59 Å². The van der Waals surface area contributed by atoms with Crippen molar-refractivity contribution in [3.8, 4) is 0 Å². The molecule has 0 saturated carbocycles. The van der Waals surface area contributed by atoms with Gasteiger partial charge in [0.05, 0.1) is 13.0 Å². The standard InChI is InChI=1S/C25H28N6O3/c1-2-3-14-31-23(26)22(24(32)27-25(31)33)30(16-19-12-8-5-9-13-19)17-21-29-28-20(34-21)15-18-10-6-4-7-11-18/h4-13H,2-3,14-17,26H2,1H3,(H,27,32,33). The summed E-state index contributed by atoms with van der Waals surface area (Å²) in [6.07, 6.45) is 2.16. The highest BCUT2D eigenvalue weighted by atomic mass is 16.4. The summed E-state index contributed by atoms with van der Waals surface area (Å²) >= 11 is 0. The van der Waals surface area contributed by atoms with Crippen LogP contribution in [0.1, 0.15) is 42.7 Å². The van der Waals surface area contributed by atoms with Crippen molar-refractivity contribution in [2.24, 2.45) is 0 Å². The average Bonchev–Trinajstić information content (AvgIpc) is 3.26. The third-order valence-electron chi connectivity index (χ3n) is 5.51. The van der Waals surface area contributed by atoms with E-state index in [1.54, 1.807) is 4.90 Å². The second-order valence-electron chi connectivity index (χ2n) is 8.09. The normalized spacial score (nSPS) is 11.0. The lowest BCUT2D eigenvalue weighted by Gasteiger charge is -2.25. The summed E-state index contributed by atoms with van der Waals surface area (Å²) in [5.74, 6) is 0.963. The highest BCUT2D eigenvalue weighted by Gasteiger charge is 2.21. The molecule has 0 saturated heterocycles. The molecule has 0 radical (unpaired) electrons. The van der Waals surface area contributed by atoms with Crippen LogP contribution in [0.15, 0.2) is 74.7 Å². The van der Waals surface area contributed by atoms with Gasteiger partial charge in [-0.15, -0.1) is 10.2 Å². The van der Waals surface area contributed by atoms with Gasteiger partial charge >= 0.3 is 5.69 Å². The minimum atomic E-state index is -0.546. The molecule has 0 unspecified atom stereocenters. The molecule has 9 nitrogen and oxygen atoms in total. The van der Waals surface area contributed by atoms with Crippen molar-refractivity contribution >= 4 is 11.5 Å². The Morgan fingerprint density at radius 1 is 0.941 bits per heavy atom. The first-order valence-electron chi connectivity index (χ1n) is 11.3. The first-order chi connectivity index (χ1) is 16.5. The van der Waals surface area contributed by atoms with Crippen LogP contribution in [0.3, 0.4) is 0 Å². The zero-order valence-corrected chi connectivity index (χ0v) is 19.1. The predicted octanol–water partition coefficient (Wildman–Crippen LogP) is 3.10. The summed E-state index contributed by atoms with van der Waals surface area (Å²) in [5.41, 5.74) is 7.56. The highest BCUT2D eigenvalue weighted by molar-refractivity contribution is 5.62. The van der Waals surface area contributed by atoms with Crippen LogP contribution in [0, 0.1) is 0 Å². The molecular formula is C25H28N6O3. The lowest BCUT2D eigenvalue weighted by Crippen LogP contribution is -2.38. The van der Waals surface area contributed by atoms with Crippen molar-refractivity contribution in [1.29, 1.82) is 0 Å². The molecule has 9 heteroatoms. The predicted molar refractivity (Wildman–Crippen MR) is 131 cm³/mol. The fourth-order valence-corrected chi connectivity index (χ4v) is 3.80. The maximum atomic E-state index is 12.9. The van der Waals surface area contributed by atoms with E-state index in [0.717, 1.165) is 24.0 Å². The second kappa shape index (κ2) is 10.7. The fourth-order valence-electron chi connectivity index (χ4n) is 3.80. The molecular weight excluding hydrogens is 432 g/mol. The van der Waals surface area contributed by atoms with E-state index < -0.39 is 11.2 Å². The number of nitrogens with zero attached hydrogens (tertiary/aromatic N) is 4. The number of anilines is 2. The number of benzene rings is 2. The van der Waals surface area contributed by atoms with Crippen molar-refractivity contribution < 1.29 is 4.42 Å². The third-order valence-corrected chi connectivity index (χ3v) is 5.51. The number of rotatable bonds is 10. The van der Waals surface area contributed by atoms with Gasteiger partial charge in [0.15, 0.2) is 0 Å². The van der Waals surface area contributed by atoms with Crippen LogP contribution >= 0.6 is 0 Å². The Kier molecular flexibility index (Phi) is 7.22. The molecule has 0 spiro atoms. The van der Waals surface area contributed by atoms with Crippen molar-refractivity contribution in [2.75, 3.05) is 10.6 Å². The number of unbranched alkanes of at least 4 members (excludes halogenated alkanes) is 1. The monoisotopic (exact) mass is 460 g/mol. The van der Waals surface area contributed by atoms with Crippen LogP contribution in [-0.2, 0) is 26.1 Å². The summed E-state index contributed by atoms with van der Waals surface area (Å²) in [6.45, 7) is 2.98. The van der Waals surface area contributed by atoms with Crippen LogP contribution in [0.25, 0.3) is 0 Å². The van der Waals surface area contributed by atoms with Crippen molar-refractivity contribution in [2.45, 2.75) is 45.8 Å². The summed E-state index contributed by atoms with van der Waals surface area (Å²) in [6, 6.07) is 19.5. The van der Waals surface area contributed by atoms with Crippen LogP contribution in [0.2, 0.25) is 0 Å². The van der Waals surface area contributed by atoms with Gasteiger partial charge in [0.2, 0.25) is 11.8 Å². The minimum Gasteiger partial charge on any atom is -0.423 e. The molecule has 2 aromatic carbocycles. The van der Waals surface area contributed by atoms with E-state index in [4.69, 9.17) is 10.2 Å². The van der Waals surface area contributed by atoms with Crippen molar-refractivity contribution in [3.05, 3.63) is 104 Å². The smallest absolute Gasteiger partial charge is 0.330 e. The molecule has 34 heavy (non-hydrogen) atoms. The average molecular weight is 461 g/mol. The summed E-state index contributed by atoms with van der Waals surface area (Å²) in [7, 11) is 0. The molecule has 2 aromatic heterocycles. The maximum absolute atomic E-state index is 12.9. The van der Waals surface area contributed by atoms with E-state index in [1.807, 2.05) is 67.6 Å². The number of nitrogens with two attached hydrogens (primary N) is 1. The highest BCUT2D eigenvalue weighted by Crippen LogP contribution is 2.22. The Morgan fingerprint density at radius 3 is 2.26 bits per heavy atom. The van der Waals surface area contributed by atoms with Gasteiger partial charge in [-0.25, -0.2) is 4.79 Å². The van der Waals surface area contributed by atoms with E-state index in [1.165, 1.54) is 4.57 Å². The van der Waals surface area contributed by atoms with Gasteiger partial charge < -0.3 is 15.1 Å². The van der Waals surface area contributed by atoms with Gasteiger partial charge in [-0.1, -0.05) is 74.0 Å². The number of nitrogen functional groups attached to an aromatic ring is 1. The van der Waals surface area contributed by atoms with E-state index in [0.29, 0.717) is 31.3 Å². The Hall–Kier alpha value is -4.14. The zero-order chi connectivity index (χ0) is 23.9. The first kappa shape index (κ1) is 23.0. The van der Waals surface area contributed by atoms with Gasteiger partial charge in [0.1, 0.15) is 11.5 Å². The molecule has 0 aliphatic heterocycles. The quantitative estimate of drug-likeness (QED) is 0.373. The molecule has 4 aromatic rings. The number of aromatic amines is 1. The van der Waals surface area contributed by atoms with Gasteiger partial charge in [-0.05, 0) is 17.5 Å². The molecule has 0 bridgehead atoms.